The monoisotopic (exact) mass is 267 g/mol. The maximum atomic E-state index is 5.86. The molecule has 0 aliphatic rings. The molecule has 0 atom stereocenters. The van der Waals surface area contributed by atoms with Crippen molar-refractivity contribution in [3.63, 3.8) is 0 Å². The molecule has 2 aromatic rings. The molecular formula is C19H25N. The van der Waals surface area contributed by atoms with Gasteiger partial charge in [0.2, 0.25) is 0 Å². The summed E-state index contributed by atoms with van der Waals surface area (Å²) in [6.07, 6.45) is 2.41. The fourth-order valence-electron chi connectivity index (χ4n) is 2.86. The van der Waals surface area contributed by atoms with Crippen molar-refractivity contribution >= 4 is 0 Å². The van der Waals surface area contributed by atoms with Crippen LogP contribution in [0.5, 0.6) is 0 Å². The second kappa shape index (κ2) is 6.23. The van der Waals surface area contributed by atoms with E-state index in [1.165, 1.54) is 35.1 Å². The first-order valence-corrected chi connectivity index (χ1v) is 7.47. The van der Waals surface area contributed by atoms with Gasteiger partial charge < -0.3 is 5.73 Å². The zero-order chi connectivity index (χ0) is 14.6. The molecule has 1 heteroatoms. The fraction of sp³-hybridized carbons (Fsp3) is 0.368. The number of hydrogen-bond donors (Lipinski definition) is 1. The average Bonchev–Trinajstić information content (AvgIpc) is 2.47. The second-order valence-electron chi connectivity index (χ2n) is 6.08. The quantitative estimate of drug-likeness (QED) is 0.820. The van der Waals surface area contributed by atoms with Gasteiger partial charge in [-0.2, -0.15) is 0 Å². The molecule has 0 bridgehead atoms. The van der Waals surface area contributed by atoms with Crippen molar-refractivity contribution in [1.82, 2.24) is 0 Å². The molecule has 0 radical (unpaired) electrons. The molecular weight excluding hydrogens is 242 g/mol. The molecule has 0 fully saturated rings. The maximum absolute atomic E-state index is 5.86. The van der Waals surface area contributed by atoms with Gasteiger partial charge in [-0.05, 0) is 34.1 Å². The van der Waals surface area contributed by atoms with Gasteiger partial charge in [0, 0.05) is 6.54 Å². The molecule has 0 saturated heterocycles. The molecule has 0 spiro atoms. The molecule has 0 amide bonds. The van der Waals surface area contributed by atoms with Crippen LogP contribution in [-0.2, 0) is 12.0 Å². The van der Waals surface area contributed by atoms with Crippen LogP contribution >= 0.6 is 0 Å². The predicted octanol–water partition coefficient (Wildman–Crippen LogP) is 4.89. The van der Waals surface area contributed by atoms with Gasteiger partial charge in [-0.1, -0.05) is 75.7 Å². The summed E-state index contributed by atoms with van der Waals surface area (Å²) >= 11 is 0. The third-order valence-electron chi connectivity index (χ3n) is 4.07. The molecule has 2 N–H and O–H groups in total. The number of rotatable bonds is 5. The summed E-state index contributed by atoms with van der Waals surface area (Å²) < 4.78 is 0. The third-order valence-corrected chi connectivity index (χ3v) is 4.07. The van der Waals surface area contributed by atoms with Crippen LogP contribution in [0, 0.1) is 0 Å². The van der Waals surface area contributed by atoms with Gasteiger partial charge in [-0.25, -0.2) is 0 Å². The van der Waals surface area contributed by atoms with Crippen molar-refractivity contribution in [3.05, 3.63) is 59.7 Å². The molecule has 2 rings (SSSR count). The van der Waals surface area contributed by atoms with Crippen molar-refractivity contribution in [2.24, 2.45) is 5.73 Å². The maximum Gasteiger partial charge on any atom is 0.0184 e. The van der Waals surface area contributed by atoms with Gasteiger partial charge in [-0.3, -0.25) is 0 Å². The van der Waals surface area contributed by atoms with Gasteiger partial charge in [0.15, 0.2) is 0 Å². The molecule has 0 unspecified atom stereocenters. The van der Waals surface area contributed by atoms with Crippen LogP contribution in [0.1, 0.15) is 44.7 Å². The lowest BCUT2D eigenvalue weighted by Crippen LogP contribution is -2.16. The molecule has 106 valence electrons. The average molecular weight is 267 g/mol. The summed E-state index contributed by atoms with van der Waals surface area (Å²) in [5.74, 6) is 0. The Hall–Kier alpha value is -1.60. The Balaban J connectivity index is 2.44. The molecule has 1 nitrogen and oxygen atoms in total. The smallest absolute Gasteiger partial charge is 0.0184 e. The van der Waals surface area contributed by atoms with Crippen molar-refractivity contribution in [3.8, 4) is 11.1 Å². The van der Waals surface area contributed by atoms with E-state index in [-0.39, 0.29) is 5.41 Å². The summed E-state index contributed by atoms with van der Waals surface area (Å²) in [5, 5.41) is 0. The number of benzene rings is 2. The lowest BCUT2D eigenvalue weighted by Gasteiger charge is -2.25. The predicted molar refractivity (Wildman–Crippen MR) is 87.7 cm³/mol. The van der Waals surface area contributed by atoms with E-state index in [4.69, 9.17) is 5.73 Å². The largest absolute Gasteiger partial charge is 0.326 e. The van der Waals surface area contributed by atoms with Crippen LogP contribution < -0.4 is 5.73 Å². The molecule has 0 heterocycles. The Morgan fingerprint density at radius 2 is 1.75 bits per heavy atom. The first kappa shape index (κ1) is 14.8. The normalized spacial score (nSPS) is 11.6. The Bertz CT molecular complexity index is 569. The Morgan fingerprint density at radius 1 is 1.00 bits per heavy atom. The van der Waals surface area contributed by atoms with Crippen LogP contribution in [0.4, 0.5) is 0 Å². The van der Waals surface area contributed by atoms with E-state index in [1.807, 2.05) is 0 Å². The van der Waals surface area contributed by atoms with Crippen molar-refractivity contribution in [2.45, 2.75) is 45.6 Å². The van der Waals surface area contributed by atoms with E-state index in [9.17, 15) is 0 Å². The summed E-state index contributed by atoms with van der Waals surface area (Å²) in [5.41, 5.74) is 11.2. The second-order valence-corrected chi connectivity index (χ2v) is 6.08. The van der Waals surface area contributed by atoms with E-state index >= 15 is 0 Å². The summed E-state index contributed by atoms with van der Waals surface area (Å²) in [7, 11) is 0. The van der Waals surface area contributed by atoms with Gasteiger partial charge in [0.05, 0.1) is 0 Å². The minimum atomic E-state index is 0.225. The fourth-order valence-corrected chi connectivity index (χ4v) is 2.86. The van der Waals surface area contributed by atoms with Crippen molar-refractivity contribution < 1.29 is 0 Å². The van der Waals surface area contributed by atoms with Crippen LogP contribution in [0.25, 0.3) is 11.1 Å². The zero-order valence-corrected chi connectivity index (χ0v) is 12.8. The Labute approximate surface area is 122 Å². The summed E-state index contributed by atoms with van der Waals surface area (Å²) in [4.78, 5) is 0. The number of hydrogen-bond acceptors (Lipinski definition) is 1. The van der Waals surface area contributed by atoms with Gasteiger partial charge in [0.1, 0.15) is 0 Å². The molecule has 2 aromatic carbocycles. The highest BCUT2D eigenvalue weighted by Gasteiger charge is 2.19. The summed E-state index contributed by atoms with van der Waals surface area (Å²) in [6, 6.07) is 17.3. The van der Waals surface area contributed by atoms with Crippen molar-refractivity contribution in [1.29, 1.82) is 0 Å². The number of nitrogens with two attached hydrogens (primary N) is 1. The minimum Gasteiger partial charge on any atom is -0.326 e. The van der Waals surface area contributed by atoms with E-state index < -0.39 is 0 Å². The molecule has 0 aromatic heterocycles. The SMILES string of the molecule is CCCC(C)(C)c1cccc(-c2ccccc2CN)c1. The van der Waals surface area contributed by atoms with Gasteiger partial charge >= 0.3 is 0 Å². The van der Waals surface area contributed by atoms with Crippen LogP contribution in [0.2, 0.25) is 0 Å². The Kier molecular flexibility index (Phi) is 4.61. The first-order chi connectivity index (χ1) is 9.58. The van der Waals surface area contributed by atoms with Gasteiger partial charge in [0.25, 0.3) is 0 Å². The minimum absolute atomic E-state index is 0.225. The van der Waals surface area contributed by atoms with E-state index in [0.29, 0.717) is 6.54 Å². The lowest BCUT2D eigenvalue weighted by molar-refractivity contribution is 0.473. The highest BCUT2D eigenvalue weighted by atomic mass is 14.5. The summed E-state index contributed by atoms with van der Waals surface area (Å²) in [6.45, 7) is 7.48. The van der Waals surface area contributed by atoms with Crippen LogP contribution in [0.15, 0.2) is 48.5 Å². The Morgan fingerprint density at radius 3 is 2.45 bits per heavy atom. The molecule has 20 heavy (non-hydrogen) atoms. The lowest BCUT2D eigenvalue weighted by atomic mass is 9.79. The van der Waals surface area contributed by atoms with Gasteiger partial charge in [-0.15, -0.1) is 0 Å². The molecule has 0 aliphatic heterocycles. The van der Waals surface area contributed by atoms with Crippen LogP contribution in [-0.4, -0.2) is 0 Å². The third kappa shape index (κ3) is 3.10. The standard InChI is InChI=1S/C19H25N/c1-4-12-19(2,3)17-10-7-9-15(13-17)18-11-6-5-8-16(18)14-20/h5-11,13H,4,12,14,20H2,1-3H3. The van der Waals surface area contributed by atoms with E-state index in [1.54, 1.807) is 0 Å². The first-order valence-electron chi connectivity index (χ1n) is 7.47. The zero-order valence-electron chi connectivity index (χ0n) is 12.8. The van der Waals surface area contributed by atoms with E-state index in [0.717, 1.165) is 0 Å². The molecule has 0 saturated carbocycles. The van der Waals surface area contributed by atoms with Crippen molar-refractivity contribution in [2.75, 3.05) is 0 Å². The topological polar surface area (TPSA) is 26.0 Å². The molecule has 0 aliphatic carbocycles. The highest BCUT2D eigenvalue weighted by Crippen LogP contribution is 2.32. The van der Waals surface area contributed by atoms with Crippen LogP contribution in [0.3, 0.4) is 0 Å². The highest BCUT2D eigenvalue weighted by molar-refractivity contribution is 5.68. The van der Waals surface area contributed by atoms with E-state index in [2.05, 4.69) is 69.3 Å².